The molecule has 232 valence electrons. The molecule has 1 heterocycles. The number of carbonyl (C=O) groups is 1. The summed E-state index contributed by atoms with van der Waals surface area (Å²) in [5.74, 6) is -0.0133. The highest BCUT2D eigenvalue weighted by Gasteiger charge is 2.37. The molecule has 0 fully saturated rings. The molecular formula is C31H31F6NO3S2. The van der Waals surface area contributed by atoms with Gasteiger partial charge in [0.15, 0.2) is 5.78 Å². The van der Waals surface area contributed by atoms with Crippen LogP contribution in [0.3, 0.4) is 0 Å². The molecule has 0 saturated carbocycles. The fourth-order valence-electron chi connectivity index (χ4n) is 3.79. The fourth-order valence-corrected chi connectivity index (χ4v) is 5.66. The van der Waals surface area contributed by atoms with Gasteiger partial charge in [0.05, 0.1) is 20.9 Å². The lowest BCUT2D eigenvalue weighted by Crippen LogP contribution is -2.11. The zero-order valence-electron chi connectivity index (χ0n) is 24.2. The molecule has 0 saturated heterocycles. The van der Waals surface area contributed by atoms with E-state index in [-0.39, 0.29) is 22.4 Å². The number of hydrogen-bond acceptors (Lipinski definition) is 5. The van der Waals surface area contributed by atoms with Crippen LogP contribution in [0.5, 0.6) is 0 Å². The average Bonchev–Trinajstić information content (AvgIpc) is 3.42. The summed E-state index contributed by atoms with van der Waals surface area (Å²) in [7, 11) is 0. The number of benzene rings is 2. The van der Waals surface area contributed by atoms with Gasteiger partial charge in [-0.25, -0.2) is 0 Å². The standard InChI is InChI=1S/C23H22F6S.C8H9NO3S/c1-5-6-15(3)30-21(16(4)17-9-7-14(2)8-10-17)18-11-19(22(24,25)26)13-20(12-18)23(27,28)29;1-2-3-6(10)7-4-5-8(13-7)9(11)12/h6-13H,5H2,1-4H3;4-5H,2-3H2,1H3/b15-6+,21-16+;. The van der Waals surface area contributed by atoms with E-state index in [1.165, 1.54) is 23.9 Å². The van der Waals surface area contributed by atoms with Crippen LogP contribution < -0.4 is 0 Å². The summed E-state index contributed by atoms with van der Waals surface area (Å²) >= 11 is 2.11. The van der Waals surface area contributed by atoms with Crippen molar-refractivity contribution in [2.45, 2.75) is 66.2 Å². The average molecular weight is 644 g/mol. The Hall–Kier alpha value is -3.38. The lowest BCUT2D eigenvalue weighted by atomic mass is 9.99. The summed E-state index contributed by atoms with van der Waals surface area (Å²) in [5, 5.41) is 10.3. The van der Waals surface area contributed by atoms with Crippen molar-refractivity contribution in [3.63, 3.8) is 0 Å². The van der Waals surface area contributed by atoms with Gasteiger partial charge in [-0.3, -0.25) is 14.9 Å². The van der Waals surface area contributed by atoms with Gasteiger partial charge in [-0.1, -0.05) is 72.9 Å². The second-order valence-electron chi connectivity index (χ2n) is 9.51. The molecule has 0 aliphatic heterocycles. The zero-order chi connectivity index (χ0) is 32.5. The van der Waals surface area contributed by atoms with E-state index in [9.17, 15) is 41.3 Å². The maximum Gasteiger partial charge on any atom is 0.416 e. The molecule has 0 unspecified atom stereocenters. The highest BCUT2D eigenvalue weighted by molar-refractivity contribution is 8.12. The molecule has 43 heavy (non-hydrogen) atoms. The van der Waals surface area contributed by atoms with Crippen molar-refractivity contribution in [3.8, 4) is 0 Å². The molecule has 0 spiro atoms. The van der Waals surface area contributed by atoms with E-state index < -0.39 is 28.4 Å². The highest BCUT2D eigenvalue weighted by atomic mass is 32.2. The number of aryl methyl sites for hydroxylation is 1. The van der Waals surface area contributed by atoms with Gasteiger partial charge in [0.2, 0.25) is 0 Å². The van der Waals surface area contributed by atoms with Crippen LogP contribution in [0.15, 0.2) is 65.6 Å². The van der Waals surface area contributed by atoms with Gasteiger partial charge in [0.1, 0.15) is 0 Å². The molecule has 0 amide bonds. The first-order valence-corrected chi connectivity index (χ1v) is 14.8. The summed E-state index contributed by atoms with van der Waals surface area (Å²) < 4.78 is 80.1. The number of rotatable bonds is 9. The Morgan fingerprint density at radius 3 is 1.91 bits per heavy atom. The lowest BCUT2D eigenvalue weighted by molar-refractivity contribution is -0.380. The molecule has 0 atom stereocenters. The molecule has 0 aliphatic carbocycles. The van der Waals surface area contributed by atoms with Crippen molar-refractivity contribution < 1.29 is 36.1 Å². The van der Waals surface area contributed by atoms with E-state index in [1.54, 1.807) is 13.8 Å². The van der Waals surface area contributed by atoms with Crippen molar-refractivity contribution in [2.75, 3.05) is 0 Å². The van der Waals surface area contributed by atoms with Gasteiger partial charge >= 0.3 is 17.4 Å². The Morgan fingerprint density at radius 1 is 0.907 bits per heavy atom. The summed E-state index contributed by atoms with van der Waals surface area (Å²) in [6, 6.07) is 11.9. The summed E-state index contributed by atoms with van der Waals surface area (Å²) in [6.45, 7) is 9.20. The molecule has 1 aromatic heterocycles. The summed E-state index contributed by atoms with van der Waals surface area (Å²) in [4.78, 5) is 22.7. The minimum Gasteiger partial charge on any atom is -0.293 e. The highest BCUT2D eigenvalue weighted by Crippen LogP contribution is 2.44. The Kier molecular flexibility index (Phi) is 12.8. The predicted molar refractivity (Wildman–Crippen MR) is 162 cm³/mol. The largest absolute Gasteiger partial charge is 0.416 e. The Labute approximate surface area is 254 Å². The van der Waals surface area contributed by atoms with Gasteiger partial charge in [-0.15, -0.1) is 0 Å². The van der Waals surface area contributed by atoms with Gasteiger partial charge in [0.25, 0.3) is 0 Å². The number of Topliss-reactive ketones (excluding diaryl/α,β-unsaturated/α-hetero) is 1. The third-order valence-electron chi connectivity index (χ3n) is 5.95. The van der Waals surface area contributed by atoms with Crippen molar-refractivity contribution >= 4 is 44.4 Å². The lowest BCUT2D eigenvalue weighted by Gasteiger charge is -2.18. The summed E-state index contributed by atoms with van der Waals surface area (Å²) in [5.41, 5.74) is -0.404. The van der Waals surface area contributed by atoms with Crippen LogP contribution in [0, 0.1) is 17.0 Å². The second-order valence-corrected chi connectivity index (χ2v) is 11.8. The van der Waals surface area contributed by atoms with Crippen molar-refractivity contribution in [1.29, 1.82) is 0 Å². The van der Waals surface area contributed by atoms with Crippen molar-refractivity contribution in [1.82, 2.24) is 0 Å². The van der Waals surface area contributed by atoms with Crippen molar-refractivity contribution in [2.24, 2.45) is 0 Å². The van der Waals surface area contributed by atoms with E-state index in [0.29, 0.717) is 28.2 Å². The first kappa shape index (κ1) is 35.8. The maximum absolute atomic E-state index is 13.3. The SMILES string of the molecule is CC/C=C(\C)S/C(=C(\C)c1ccc(C)cc1)c1cc(C(F)(F)F)cc(C(F)(F)F)c1.CCCC(=O)c1ccc([N+](=O)[O-])s1. The number of thioether (sulfide) groups is 1. The molecule has 2 aromatic carbocycles. The molecule has 3 aromatic rings. The molecule has 3 rings (SSSR count). The molecule has 0 bridgehead atoms. The van der Waals surface area contributed by atoms with Gasteiger partial charge in [-0.2, -0.15) is 26.3 Å². The van der Waals surface area contributed by atoms with Crippen molar-refractivity contribution in [3.05, 3.63) is 108 Å². The van der Waals surface area contributed by atoms with Gasteiger partial charge in [-0.05, 0) is 79.5 Å². The number of nitro groups is 1. The van der Waals surface area contributed by atoms with E-state index in [2.05, 4.69) is 0 Å². The van der Waals surface area contributed by atoms with Crippen LogP contribution >= 0.6 is 23.1 Å². The quantitative estimate of drug-likeness (QED) is 0.0765. The van der Waals surface area contributed by atoms with E-state index in [1.807, 2.05) is 51.1 Å². The van der Waals surface area contributed by atoms with Crippen LogP contribution in [0.4, 0.5) is 31.3 Å². The molecular weight excluding hydrogens is 612 g/mol. The van der Waals surface area contributed by atoms with E-state index in [0.717, 1.165) is 45.9 Å². The van der Waals surface area contributed by atoms with Crippen LogP contribution in [0.1, 0.15) is 84.4 Å². The molecule has 0 aliphatic rings. The molecule has 4 nitrogen and oxygen atoms in total. The number of thiophene rings is 1. The smallest absolute Gasteiger partial charge is 0.293 e. The van der Waals surface area contributed by atoms with Gasteiger partial charge < -0.3 is 0 Å². The normalized spacial score (nSPS) is 12.8. The van der Waals surface area contributed by atoms with Crippen LogP contribution in [-0.2, 0) is 12.4 Å². The topological polar surface area (TPSA) is 60.2 Å². The maximum atomic E-state index is 13.3. The minimum absolute atomic E-state index is 0.0133. The number of halogens is 6. The number of allylic oxidation sites excluding steroid dienone is 3. The van der Waals surface area contributed by atoms with E-state index >= 15 is 0 Å². The molecule has 12 heteroatoms. The van der Waals surface area contributed by atoms with Crippen LogP contribution in [0.25, 0.3) is 10.5 Å². The fraction of sp³-hybridized carbons (Fsp3) is 0.323. The number of hydrogen-bond donors (Lipinski definition) is 0. The number of carbonyl (C=O) groups excluding carboxylic acids is 1. The first-order chi connectivity index (χ1) is 20.0. The number of nitrogens with zero attached hydrogens (tertiary/aromatic N) is 1. The number of alkyl halides is 6. The third-order valence-corrected chi connectivity index (χ3v) is 8.27. The van der Waals surface area contributed by atoms with E-state index in [4.69, 9.17) is 0 Å². The molecule has 0 radical (unpaired) electrons. The second kappa shape index (κ2) is 15.4. The first-order valence-electron chi connectivity index (χ1n) is 13.2. The van der Waals surface area contributed by atoms with Crippen LogP contribution in [-0.4, -0.2) is 10.7 Å². The van der Waals surface area contributed by atoms with Gasteiger partial charge in [0, 0.05) is 17.4 Å². The minimum atomic E-state index is -4.89. The summed E-state index contributed by atoms with van der Waals surface area (Å²) in [6.07, 6.45) is -5.98. The predicted octanol–water partition coefficient (Wildman–Crippen LogP) is 11.6. The molecule has 0 N–H and O–H groups in total. The Balaban J connectivity index is 0.000000413. The zero-order valence-corrected chi connectivity index (χ0v) is 25.8. The number of ketones is 1. The Morgan fingerprint density at radius 2 is 1.47 bits per heavy atom. The third kappa shape index (κ3) is 10.7. The Bertz CT molecular complexity index is 1450. The van der Waals surface area contributed by atoms with Crippen LogP contribution in [0.2, 0.25) is 0 Å². The monoisotopic (exact) mass is 643 g/mol.